The Morgan fingerprint density at radius 3 is 2.85 bits per heavy atom. The van der Waals surface area contributed by atoms with E-state index in [-0.39, 0.29) is 5.91 Å². The molecule has 4 rings (SSSR count). The zero-order valence-electron chi connectivity index (χ0n) is 11.1. The van der Waals surface area contributed by atoms with Crippen molar-refractivity contribution >= 4 is 22.9 Å². The van der Waals surface area contributed by atoms with Gasteiger partial charge >= 0.3 is 0 Å². The number of fused-ring (bicyclic) bond motifs is 2. The van der Waals surface area contributed by atoms with Crippen LogP contribution in [-0.4, -0.2) is 5.91 Å². The topological polar surface area (TPSA) is 38.3 Å². The van der Waals surface area contributed by atoms with Crippen LogP contribution in [0.3, 0.4) is 0 Å². The zero-order valence-corrected chi connectivity index (χ0v) is 11.1. The van der Waals surface area contributed by atoms with Crippen molar-refractivity contribution in [2.75, 3.05) is 5.32 Å². The van der Waals surface area contributed by atoms with Crippen LogP contribution in [0.4, 0.5) is 5.69 Å². The van der Waals surface area contributed by atoms with E-state index in [0.29, 0.717) is 17.9 Å². The van der Waals surface area contributed by atoms with Crippen LogP contribution in [0.15, 0.2) is 42.5 Å². The van der Waals surface area contributed by atoms with Crippen molar-refractivity contribution in [3.63, 3.8) is 0 Å². The Hall–Kier alpha value is -2.55. The summed E-state index contributed by atoms with van der Waals surface area (Å²) in [5.74, 6) is 0.618. The molecule has 1 N–H and O–H groups in total. The molecule has 2 aliphatic rings. The van der Waals surface area contributed by atoms with Gasteiger partial charge in [0, 0.05) is 22.4 Å². The molecular formula is C17H13NO2. The molecule has 0 radical (unpaired) electrons. The molecule has 3 nitrogen and oxygen atoms in total. The molecule has 1 amide bonds. The van der Waals surface area contributed by atoms with Gasteiger partial charge in [-0.05, 0) is 18.6 Å². The lowest BCUT2D eigenvalue weighted by Gasteiger charge is -2.07. The van der Waals surface area contributed by atoms with E-state index < -0.39 is 0 Å². The van der Waals surface area contributed by atoms with Crippen molar-refractivity contribution < 1.29 is 9.53 Å². The first-order valence-corrected chi connectivity index (χ1v) is 6.62. The number of nitrogens with one attached hydrogen (secondary N) is 1. The van der Waals surface area contributed by atoms with Gasteiger partial charge in [0.2, 0.25) is 0 Å². The van der Waals surface area contributed by atoms with Crippen molar-refractivity contribution in [1.29, 1.82) is 0 Å². The summed E-state index contributed by atoms with van der Waals surface area (Å²) in [7, 11) is 0. The molecule has 3 heteroatoms. The Balaban J connectivity index is 2.01. The van der Waals surface area contributed by atoms with Gasteiger partial charge in [-0.25, -0.2) is 0 Å². The lowest BCUT2D eigenvalue weighted by molar-refractivity contribution is -0.110. The second-order valence-corrected chi connectivity index (χ2v) is 5.10. The second kappa shape index (κ2) is 3.97. The molecule has 98 valence electrons. The fourth-order valence-electron chi connectivity index (χ4n) is 2.92. The van der Waals surface area contributed by atoms with E-state index in [9.17, 15) is 4.79 Å². The fraction of sp³-hybridized carbons (Fsp3) is 0.118. The quantitative estimate of drug-likeness (QED) is 0.740. The number of rotatable bonds is 0. The number of anilines is 1. The van der Waals surface area contributed by atoms with Gasteiger partial charge in [-0.1, -0.05) is 36.4 Å². The Bertz CT molecular complexity index is 774. The maximum atomic E-state index is 12.3. The summed E-state index contributed by atoms with van der Waals surface area (Å²) in [6.07, 6.45) is 0. The summed E-state index contributed by atoms with van der Waals surface area (Å²) in [4.78, 5) is 12.3. The minimum Gasteiger partial charge on any atom is -0.487 e. The van der Waals surface area contributed by atoms with Crippen LogP contribution in [0.2, 0.25) is 0 Å². The number of ether oxygens (including phenoxy) is 1. The third-order valence-corrected chi connectivity index (χ3v) is 3.86. The monoisotopic (exact) mass is 263 g/mol. The first kappa shape index (κ1) is 11.3. The SMILES string of the molecule is Cc1cccc2c1/C(=C1\OCc3ccccc31)C(=O)N2. The van der Waals surface area contributed by atoms with Crippen molar-refractivity contribution in [3.8, 4) is 0 Å². The number of amides is 1. The molecule has 0 spiro atoms. The summed E-state index contributed by atoms with van der Waals surface area (Å²) in [6.45, 7) is 2.55. The van der Waals surface area contributed by atoms with E-state index in [4.69, 9.17) is 4.74 Å². The van der Waals surface area contributed by atoms with Gasteiger partial charge in [-0.15, -0.1) is 0 Å². The van der Waals surface area contributed by atoms with Crippen LogP contribution in [0.25, 0.3) is 11.3 Å². The van der Waals surface area contributed by atoms with Crippen LogP contribution >= 0.6 is 0 Å². The second-order valence-electron chi connectivity index (χ2n) is 5.10. The van der Waals surface area contributed by atoms with Crippen LogP contribution in [-0.2, 0) is 16.1 Å². The summed E-state index contributed by atoms with van der Waals surface area (Å²) in [5.41, 5.74) is 5.72. The van der Waals surface area contributed by atoms with Gasteiger partial charge in [0.15, 0.2) is 0 Å². The van der Waals surface area contributed by atoms with E-state index in [1.165, 1.54) is 0 Å². The van der Waals surface area contributed by atoms with Gasteiger partial charge in [-0.3, -0.25) is 4.79 Å². The smallest absolute Gasteiger partial charge is 0.260 e. The molecule has 2 aromatic carbocycles. The molecule has 0 aromatic heterocycles. The Morgan fingerprint density at radius 2 is 1.95 bits per heavy atom. The van der Waals surface area contributed by atoms with Gasteiger partial charge in [0.05, 0.1) is 5.57 Å². The molecule has 0 saturated carbocycles. The maximum Gasteiger partial charge on any atom is 0.260 e. The highest BCUT2D eigenvalue weighted by molar-refractivity contribution is 6.36. The zero-order chi connectivity index (χ0) is 13.7. The Kier molecular flexibility index (Phi) is 2.24. The maximum absolute atomic E-state index is 12.3. The van der Waals surface area contributed by atoms with Crippen molar-refractivity contribution in [1.82, 2.24) is 0 Å². The normalized spacial score (nSPS) is 19.4. The number of aryl methyl sites for hydroxylation is 1. The minimum absolute atomic E-state index is 0.0824. The molecule has 20 heavy (non-hydrogen) atoms. The van der Waals surface area contributed by atoms with Gasteiger partial charge < -0.3 is 10.1 Å². The predicted molar refractivity (Wildman–Crippen MR) is 77.9 cm³/mol. The average molecular weight is 263 g/mol. The van der Waals surface area contributed by atoms with Gasteiger partial charge in [0.25, 0.3) is 5.91 Å². The molecule has 2 aliphatic heterocycles. The third kappa shape index (κ3) is 1.43. The van der Waals surface area contributed by atoms with E-state index in [1.54, 1.807) is 0 Å². The van der Waals surface area contributed by atoms with E-state index in [0.717, 1.165) is 27.9 Å². The predicted octanol–water partition coefficient (Wildman–Crippen LogP) is 3.35. The molecular weight excluding hydrogens is 250 g/mol. The number of hydrogen-bond donors (Lipinski definition) is 1. The largest absolute Gasteiger partial charge is 0.487 e. The van der Waals surface area contributed by atoms with Crippen LogP contribution in [0, 0.1) is 6.92 Å². The highest BCUT2D eigenvalue weighted by Crippen LogP contribution is 2.42. The van der Waals surface area contributed by atoms with E-state index >= 15 is 0 Å². The lowest BCUT2D eigenvalue weighted by atomic mass is 9.97. The average Bonchev–Trinajstić information content (AvgIpc) is 3.00. The van der Waals surface area contributed by atoms with Gasteiger partial charge in [0.1, 0.15) is 12.4 Å². The standard InChI is InChI=1S/C17H13NO2/c1-10-5-4-8-13-14(10)15(17(19)18-13)16-12-7-3-2-6-11(12)9-20-16/h2-8H,9H2,1H3,(H,18,19)/b16-15+. The molecule has 0 aliphatic carbocycles. The summed E-state index contributed by atoms with van der Waals surface area (Å²) >= 11 is 0. The molecule has 0 atom stereocenters. The first-order valence-electron chi connectivity index (χ1n) is 6.62. The van der Waals surface area contributed by atoms with Crippen LogP contribution in [0.5, 0.6) is 0 Å². The van der Waals surface area contributed by atoms with Crippen molar-refractivity contribution in [3.05, 3.63) is 64.7 Å². The summed E-state index contributed by atoms with van der Waals surface area (Å²) in [5, 5.41) is 2.92. The molecule has 0 saturated heterocycles. The number of carbonyl (C=O) groups is 1. The third-order valence-electron chi connectivity index (χ3n) is 3.86. The fourth-order valence-corrected chi connectivity index (χ4v) is 2.92. The molecule has 0 unspecified atom stereocenters. The summed E-state index contributed by atoms with van der Waals surface area (Å²) in [6, 6.07) is 13.9. The van der Waals surface area contributed by atoms with Crippen LogP contribution in [0.1, 0.15) is 22.3 Å². The van der Waals surface area contributed by atoms with E-state index in [1.807, 2.05) is 49.4 Å². The first-order chi connectivity index (χ1) is 9.75. The summed E-state index contributed by atoms with van der Waals surface area (Å²) < 4.78 is 5.81. The highest BCUT2D eigenvalue weighted by Gasteiger charge is 2.33. The molecule has 2 aromatic rings. The Morgan fingerprint density at radius 1 is 1.10 bits per heavy atom. The minimum atomic E-state index is -0.0824. The molecule has 0 bridgehead atoms. The molecule has 0 fully saturated rings. The molecule has 2 heterocycles. The number of benzene rings is 2. The van der Waals surface area contributed by atoms with E-state index in [2.05, 4.69) is 5.32 Å². The van der Waals surface area contributed by atoms with Crippen molar-refractivity contribution in [2.24, 2.45) is 0 Å². The number of carbonyl (C=O) groups excluding carboxylic acids is 1. The van der Waals surface area contributed by atoms with Crippen LogP contribution < -0.4 is 5.32 Å². The lowest BCUT2D eigenvalue weighted by Crippen LogP contribution is -2.05. The van der Waals surface area contributed by atoms with Gasteiger partial charge in [-0.2, -0.15) is 0 Å². The Labute approximate surface area is 116 Å². The van der Waals surface area contributed by atoms with Crippen molar-refractivity contribution in [2.45, 2.75) is 13.5 Å². The number of hydrogen-bond acceptors (Lipinski definition) is 2. The highest BCUT2D eigenvalue weighted by atomic mass is 16.5.